The summed E-state index contributed by atoms with van der Waals surface area (Å²) >= 11 is 0. The second kappa shape index (κ2) is 23.0. The molecule has 1 rings (SSSR count). The van der Waals surface area contributed by atoms with E-state index in [0.29, 0.717) is 18.5 Å². The van der Waals surface area contributed by atoms with E-state index in [1.165, 1.54) is 0 Å². The number of ether oxygens (including phenoxy) is 2. The Balaban J connectivity index is 3.31. The Bertz CT molecular complexity index is 1250. The molecule has 304 valence electrons. The van der Waals surface area contributed by atoms with Gasteiger partial charge in [0, 0.05) is 27.8 Å². The van der Waals surface area contributed by atoms with Crippen molar-refractivity contribution in [3.8, 4) is 0 Å². The molecule has 4 amide bonds. The number of nitrogens with zero attached hydrogens (tertiary/aromatic N) is 3. The monoisotopic (exact) mass is 748 g/mol. The maximum absolute atomic E-state index is 14.3. The zero-order valence-electron chi connectivity index (χ0n) is 35.4. The maximum Gasteiger partial charge on any atom is 0.245 e. The second-order valence-electron chi connectivity index (χ2n) is 15.5. The van der Waals surface area contributed by atoms with Crippen molar-refractivity contribution in [2.45, 2.75) is 137 Å². The average molecular weight is 748 g/mol. The van der Waals surface area contributed by atoms with Crippen molar-refractivity contribution in [1.29, 1.82) is 0 Å². The molecular weight excluding hydrogens is 674 g/mol. The van der Waals surface area contributed by atoms with Crippen molar-refractivity contribution in [2.75, 3.05) is 41.9 Å². The molecule has 10 atom stereocenters. The predicted octanol–water partition coefficient (Wildman–Crippen LogP) is 4.51. The molecule has 0 saturated carbocycles. The molecule has 0 saturated heterocycles. The van der Waals surface area contributed by atoms with E-state index in [1.807, 2.05) is 105 Å². The number of aliphatic hydroxyl groups is 1. The van der Waals surface area contributed by atoms with Crippen LogP contribution in [0.25, 0.3) is 0 Å². The average Bonchev–Trinajstić information content (AvgIpc) is 3.12. The molecule has 12 nitrogen and oxygen atoms in total. The molecule has 1 aromatic rings. The van der Waals surface area contributed by atoms with Gasteiger partial charge >= 0.3 is 0 Å². The number of methoxy groups -OCH3 is 2. The molecule has 0 bridgehead atoms. The van der Waals surface area contributed by atoms with Crippen LogP contribution in [-0.2, 0) is 28.7 Å². The molecular formula is C41H73N5O7. The van der Waals surface area contributed by atoms with Crippen LogP contribution in [0.15, 0.2) is 30.3 Å². The van der Waals surface area contributed by atoms with Gasteiger partial charge in [-0.3, -0.25) is 24.1 Å². The standard InChI is InChI=1S/C41H73N5O7/c1-16-27(8)36(45(13)41(51)34(25(4)5)43-40(50)35(26(6)7)44(11)12)32(52-14)24-33(47)46(18-3)31(17-2)38(53-15)28(9)39(49)42-29(10)37(48)30-22-20-19-21-23-30/h19-23,25-29,31-32,34-38,48H,16-18,24H2,1-15H3,(H,42,49)(H,43,50)/t27-,28+,29+,31-,32?,34-,35-,36-,37+,38?/m0/s1. The van der Waals surface area contributed by atoms with E-state index >= 15 is 0 Å². The van der Waals surface area contributed by atoms with Crippen molar-refractivity contribution in [3.05, 3.63) is 35.9 Å². The zero-order valence-corrected chi connectivity index (χ0v) is 35.4. The van der Waals surface area contributed by atoms with E-state index in [0.717, 1.165) is 6.42 Å². The van der Waals surface area contributed by atoms with Crippen LogP contribution in [0.1, 0.15) is 100 Å². The minimum Gasteiger partial charge on any atom is -0.386 e. The quantitative estimate of drug-likeness (QED) is 0.149. The fourth-order valence-electron chi connectivity index (χ4n) is 7.57. The molecule has 0 radical (unpaired) electrons. The van der Waals surface area contributed by atoms with Crippen molar-refractivity contribution < 1.29 is 33.8 Å². The molecule has 0 aliphatic carbocycles. The van der Waals surface area contributed by atoms with Crippen molar-refractivity contribution in [1.82, 2.24) is 25.3 Å². The van der Waals surface area contributed by atoms with E-state index in [-0.39, 0.29) is 47.8 Å². The van der Waals surface area contributed by atoms with Gasteiger partial charge in [-0.2, -0.15) is 0 Å². The van der Waals surface area contributed by atoms with Gasteiger partial charge in [0.1, 0.15) is 6.04 Å². The lowest BCUT2D eigenvalue weighted by Crippen LogP contribution is -2.60. The van der Waals surface area contributed by atoms with Gasteiger partial charge in [0.15, 0.2) is 0 Å². The lowest BCUT2D eigenvalue weighted by atomic mass is 9.89. The molecule has 0 heterocycles. The number of rotatable bonds is 23. The number of carbonyl (C=O) groups excluding carboxylic acids is 4. The third-order valence-electron chi connectivity index (χ3n) is 10.8. The Morgan fingerprint density at radius 2 is 1.38 bits per heavy atom. The number of hydrogen-bond donors (Lipinski definition) is 3. The summed E-state index contributed by atoms with van der Waals surface area (Å²) in [5, 5.41) is 16.8. The normalized spacial score (nSPS) is 17.6. The highest BCUT2D eigenvalue weighted by Gasteiger charge is 2.41. The van der Waals surface area contributed by atoms with Crippen LogP contribution in [0.5, 0.6) is 0 Å². The number of amides is 4. The SMILES string of the molecule is CC[C@H](C)[C@@H](C(CC(=O)N(CC)[C@@H](CC)C(OC)[C@@H](C)C(=O)N[C@H](C)[C@@H](O)c1ccccc1)OC)N(C)C(=O)[C@@H](NC(=O)[C@H](C(C)C)N(C)C)C(C)C. The Labute approximate surface area is 320 Å². The van der Waals surface area contributed by atoms with Gasteiger partial charge in [-0.1, -0.05) is 92.1 Å². The molecule has 1 aromatic carbocycles. The molecule has 2 unspecified atom stereocenters. The minimum atomic E-state index is -0.888. The van der Waals surface area contributed by atoms with Crippen LogP contribution in [0, 0.1) is 23.7 Å². The Hall–Kier alpha value is -3.06. The number of likely N-dealkylation sites (N-methyl/N-ethyl adjacent to an activating group) is 3. The van der Waals surface area contributed by atoms with Crippen LogP contribution in [0.2, 0.25) is 0 Å². The number of carbonyl (C=O) groups is 4. The van der Waals surface area contributed by atoms with Crippen LogP contribution >= 0.6 is 0 Å². The van der Waals surface area contributed by atoms with Gasteiger partial charge in [-0.25, -0.2) is 0 Å². The zero-order chi connectivity index (χ0) is 40.7. The number of nitrogens with one attached hydrogen (secondary N) is 2. The van der Waals surface area contributed by atoms with Gasteiger partial charge in [0.2, 0.25) is 23.6 Å². The van der Waals surface area contributed by atoms with Crippen molar-refractivity contribution in [2.24, 2.45) is 23.7 Å². The number of aliphatic hydroxyl groups excluding tert-OH is 1. The maximum atomic E-state index is 14.3. The fraction of sp³-hybridized carbons (Fsp3) is 0.756. The third kappa shape index (κ3) is 13.0. The molecule has 0 fully saturated rings. The van der Waals surface area contributed by atoms with Gasteiger partial charge in [-0.15, -0.1) is 0 Å². The smallest absolute Gasteiger partial charge is 0.245 e. The minimum absolute atomic E-state index is 0.000459. The second-order valence-corrected chi connectivity index (χ2v) is 15.5. The predicted molar refractivity (Wildman–Crippen MR) is 211 cm³/mol. The van der Waals surface area contributed by atoms with E-state index in [1.54, 1.807) is 44.9 Å². The summed E-state index contributed by atoms with van der Waals surface area (Å²) in [6.45, 7) is 19.6. The summed E-state index contributed by atoms with van der Waals surface area (Å²) in [6.07, 6.45) is -0.903. The van der Waals surface area contributed by atoms with Crippen molar-refractivity contribution in [3.63, 3.8) is 0 Å². The lowest BCUT2D eigenvalue weighted by molar-refractivity contribution is -0.149. The molecule has 0 aliphatic rings. The van der Waals surface area contributed by atoms with E-state index in [2.05, 4.69) is 10.6 Å². The van der Waals surface area contributed by atoms with Crippen LogP contribution in [0.4, 0.5) is 0 Å². The number of hydrogen-bond acceptors (Lipinski definition) is 8. The highest BCUT2D eigenvalue weighted by molar-refractivity contribution is 5.90. The van der Waals surface area contributed by atoms with Crippen LogP contribution < -0.4 is 10.6 Å². The first-order valence-electron chi connectivity index (χ1n) is 19.5. The molecule has 0 spiro atoms. The lowest BCUT2D eigenvalue weighted by Gasteiger charge is -2.42. The fourth-order valence-corrected chi connectivity index (χ4v) is 7.57. The molecule has 3 N–H and O–H groups in total. The Morgan fingerprint density at radius 1 is 0.792 bits per heavy atom. The Kier molecular flexibility index (Phi) is 20.8. The van der Waals surface area contributed by atoms with Crippen molar-refractivity contribution >= 4 is 23.6 Å². The summed E-state index contributed by atoms with van der Waals surface area (Å²) in [5.41, 5.74) is 0.703. The summed E-state index contributed by atoms with van der Waals surface area (Å²) in [4.78, 5) is 60.7. The summed E-state index contributed by atoms with van der Waals surface area (Å²) in [7, 11) is 8.54. The highest BCUT2D eigenvalue weighted by Crippen LogP contribution is 2.27. The van der Waals surface area contributed by atoms with Crippen LogP contribution in [-0.4, -0.2) is 128 Å². The van der Waals surface area contributed by atoms with Gasteiger partial charge in [-0.05, 0) is 57.7 Å². The van der Waals surface area contributed by atoms with Gasteiger partial charge in [0.25, 0.3) is 0 Å². The van der Waals surface area contributed by atoms with E-state index < -0.39 is 54.4 Å². The first kappa shape index (κ1) is 48.0. The topological polar surface area (TPSA) is 141 Å². The van der Waals surface area contributed by atoms with Gasteiger partial charge < -0.3 is 35.0 Å². The molecule has 12 heteroatoms. The third-order valence-corrected chi connectivity index (χ3v) is 10.8. The largest absolute Gasteiger partial charge is 0.386 e. The number of benzene rings is 1. The first-order chi connectivity index (χ1) is 24.8. The first-order valence-corrected chi connectivity index (χ1v) is 19.5. The van der Waals surface area contributed by atoms with Gasteiger partial charge in [0.05, 0.1) is 54.8 Å². The highest BCUT2D eigenvalue weighted by atomic mass is 16.5. The summed E-state index contributed by atoms with van der Waals surface area (Å²) < 4.78 is 12.0. The summed E-state index contributed by atoms with van der Waals surface area (Å²) in [6, 6.07) is 6.56. The van der Waals surface area contributed by atoms with E-state index in [4.69, 9.17) is 9.47 Å². The summed E-state index contributed by atoms with van der Waals surface area (Å²) in [5.74, 6) is -1.71. The molecule has 0 aromatic heterocycles. The van der Waals surface area contributed by atoms with Crippen LogP contribution in [0.3, 0.4) is 0 Å². The molecule has 53 heavy (non-hydrogen) atoms. The van der Waals surface area contributed by atoms with E-state index in [9.17, 15) is 24.3 Å². The molecule has 0 aliphatic heterocycles. The Morgan fingerprint density at radius 3 is 1.81 bits per heavy atom.